The lowest BCUT2D eigenvalue weighted by atomic mass is 10.2. The van der Waals surface area contributed by atoms with Crippen LogP contribution >= 0.6 is 22.9 Å². The zero-order chi connectivity index (χ0) is 9.26. The van der Waals surface area contributed by atoms with Crippen molar-refractivity contribution in [3.63, 3.8) is 0 Å². The van der Waals surface area contributed by atoms with Gasteiger partial charge in [0.1, 0.15) is 5.76 Å². The molecule has 13 heavy (non-hydrogen) atoms. The lowest BCUT2D eigenvalue weighted by Gasteiger charge is -2.04. The number of hydrogen-bond donors (Lipinski definition) is 1. The van der Waals surface area contributed by atoms with Gasteiger partial charge in [-0.15, -0.1) is 11.3 Å². The fourth-order valence-corrected chi connectivity index (χ4v) is 1.99. The van der Waals surface area contributed by atoms with Gasteiger partial charge in [-0.1, -0.05) is 6.07 Å². The summed E-state index contributed by atoms with van der Waals surface area (Å²) >= 11 is 7.25. The first-order valence-corrected chi connectivity index (χ1v) is 5.07. The summed E-state index contributed by atoms with van der Waals surface area (Å²) in [4.78, 5) is 1.08. The molecule has 0 amide bonds. The second-order valence-electron chi connectivity index (χ2n) is 2.63. The van der Waals surface area contributed by atoms with E-state index in [1.807, 2.05) is 17.5 Å². The third-order valence-corrected chi connectivity index (χ3v) is 2.91. The van der Waals surface area contributed by atoms with Gasteiger partial charge in [-0.05, 0) is 35.2 Å². The van der Waals surface area contributed by atoms with Gasteiger partial charge >= 0.3 is 0 Å². The zero-order valence-corrected chi connectivity index (χ0v) is 8.31. The Morgan fingerprint density at radius 3 is 2.77 bits per heavy atom. The summed E-state index contributed by atoms with van der Waals surface area (Å²) in [6.07, 6.45) is 0. The highest BCUT2D eigenvalue weighted by Crippen LogP contribution is 2.26. The molecule has 2 nitrogen and oxygen atoms in total. The van der Waals surface area contributed by atoms with Crippen LogP contribution in [0.5, 0.6) is 0 Å². The third kappa shape index (κ3) is 1.77. The molecule has 2 aromatic heterocycles. The Labute approximate surface area is 84.9 Å². The second kappa shape index (κ2) is 3.54. The highest BCUT2D eigenvalue weighted by molar-refractivity contribution is 7.10. The Kier molecular flexibility index (Phi) is 2.40. The fraction of sp³-hybridized carbons (Fsp3) is 0.111. The van der Waals surface area contributed by atoms with Gasteiger partial charge in [0.25, 0.3) is 0 Å². The molecule has 2 N–H and O–H groups in total. The van der Waals surface area contributed by atoms with Crippen molar-refractivity contribution in [3.05, 3.63) is 45.5 Å². The molecule has 0 bridgehead atoms. The predicted octanol–water partition coefficient (Wildman–Crippen LogP) is 3.04. The predicted molar refractivity (Wildman–Crippen MR) is 54.1 cm³/mol. The minimum atomic E-state index is -0.201. The summed E-state index contributed by atoms with van der Waals surface area (Å²) in [5.41, 5.74) is 5.93. The van der Waals surface area contributed by atoms with Crippen LogP contribution in [0.3, 0.4) is 0 Å². The van der Waals surface area contributed by atoms with Gasteiger partial charge in [-0.25, -0.2) is 0 Å². The molecule has 2 rings (SSSR count). The van der Waals surface area contributed by atoms with Crippen LogP contribution in [-0.2, 0) is 0 Å². The molecule has 0 aliphatic carbocycles. The topological polar surface area (TPSA) is 39.2 Å². The molecule has 4 heteroatoms. The van der Waals surface area contributed by atoms with Crippen molar-refractivity contribution in [2.45, 2.75) is 6.04 Å². The number of furan rings is 1. The van der Waals surface area contributed by atoms with E-state index in [2.05, 4.69) is 0 Å². The number of hydrogen-bond acceptors (Lipinski definition) is 3. The Balaban J connectivity index is 2.28. The molecule has 0 saturated carbocycles. The minimum Gasteiger partial charge on any atom is -0.448 e. The van der Waals surface area contributed by atoms with Crippen LogP contribution in [0, 0.1) is 0 Å². The van der Waals surface area contributed by atoms with Crippen LogP contribution in [0.4, 0.5) is 0 Å². The van der Waals surface area contributed by atoms with E-state index in [1.165, 1.54) is 0 Å². The quantitative estimate of drug-likeness (QED) is 0.833. The van der Waals surface area contributed by atoms with Crippen molar-refractivity contribution < 1.29 is 4.42 Å². The van der Waals surface area contributed by atoms with E-state index < -0.39 is 0 Å². The van der Waals surface area contributed by atoms with Crippen molar-refractivity contribution in [2.24, 2.45) is 5.73 Å². The van der Waals surface area contributed by atoms with E-state index in [4.69, 9.17) is 21.8 Å². The molecule has 2 heterocycles. The molecule has 0 fully saturated rings. The van der Waals surface area contributed by atoms with Gasteiger partial charge in [-0.3, -0.25) is 0 Å². The van der Waals surface area contributed by atoms with Gasteiger partial charge in [0.2, 0.25) is 0 Å². The highest BCUT2D eigenvalue weighted by atomic mass is 35.5. The number of rotatable bonds is 2. The molecule has 68 valence electrons. The van der Waals surface area contributed by atoms with E-state index >= 15 is 0 Å². The standard InChI is InChI=1S/C9H8ClNOS/c10-8-4-3-6(12-8)9(11)7-2-1-5-13-7/h1-5,9H,11H2/t9-/m1/s1. The largest absolute Gasteiger partial charge is 0.448 e. The molecule has 0 radical (unpaired) electrons. The molecular formula is C9H8ClNOS. The Hall–Kier alpha value is -0.770. The molecule has 1 atom stereocenters. The van der Waals surface area contributed by atoms with Crippen molar-refractivity contribution in [1.29, 1.82) is 0 Å². The average Bonchev–Trinajstić information content (AvgIpc) is 2.72. The Bertz CT molecular complexity index is 382. The number of halogens is 1. The molecule has 0 aliphatic heterocycles. The molecule has 0 saturated heterocycles. The van der Waals surface area contributed by atoms with Crippen molar-refractivity contribution >= 4 is 22.9 Å². The smallest absolute Gasteiger partial charge is 0.193 e. The summed E-state index contributed by atoms with van der Waals surface area (Å²) in [7, 11) is 0. The SMILES string of the molecule is N[C@H](c1ccc(Cl)o1)c1cccs1. The summed E-state index contributed by atoms with van der Waals surface area (Å²) in [6.45, 7) is 0. The van der Waals surface area contributed by atoms with E-state index in [0.717, 1.165) is 4.88 Å². The molecule has 2 aromatic rings. The van der Waals surface area contributed by atoms with Crippen LogP contribution in [0.2, 0.25) is 5.22 Å². The molecule has 0 aromatic carbocycles. The van der Waals surface area contributed by atoms with Crippen molar-refractivity contribution in [3.8, 4) is 0 Å². The Morgan fingerprint density at radius 1 is 1.38 bits per heavy atom. The third-order valence-electron chi connectivity index (χ3n) is 1.75. The van der Waals surface area contributed by atoms with E-state index in [9.17, 15) is 0 Å². The minimum absolute atomic E-state index is 0.201. The summed E-state index contributed by atoms with van der Waals surface area (Å²) in [5.74, 6) is 0.701. The first-order chi connectivity index (χ1) is 6.27. The first-order valence-electron chi connectivity index (χ1n) is 3.81. The average molecular weight is 214 g/mol. The van der Waals surface area contributed by atoms with E-state index in [1.54, 1.807) is 23.5 Å². The second-order valence-corrected chi connectivity index (χ2v) is 3.99. The fourth-order valence-electron chi connectivity index (χ4n) is 1.10. The molecule has 0 aliphatic rings. The normalized spacial score (nSPS) is 13.1. The van der Waals surface area contributed by atoms with E-state index in [-0.39, 0.29) is 6.04 Å². The zero-order valence-electron chi connectivity index (χ0n) is 6.74. The number of thiophene rings is 1. The molecular weight excluding hydrogens is 206 g/mol. The molecule has 0 unspecified atom stereocenters. The lowest BCUT2D eigenvalue weighted by Crippen LogP contribution is -2.08. The van der Waals surface area contributed by atoms with Gasteiger partial charge < -0.3 is 10.2 Å². The monoisotopic (exact) mass is 213 g/mol. The van der Waals surface area contributed by atoms with Crippen LogP contribution < -0.4 is 5.73 Å². The van der Waals surface area contributed by atoms with Gasteiger partial charge in [-0.2, -0.15) is 0 Å². The maximum absolute atomic E-state index is 5.93. The van der Waals surface area contributed by atoms with Gasteiger partial charge in [0, 0.05) is 4.88 Å². The maximum Gasteiger partial charge on any atom is 0.193 e. The van der Waals surface area contributed by atoms with E-state index in [0.29, 0.717) is 11.0 Å². The highest BCUT2D eigenvalue weighted by Gasteiger charge is 2.13. The van der Waals surface area contributed by atoms with Crippen molar-refractivity contribution in [1.82, 2.24) is 0 Å². The lowest BCUT2D eigenvalue weighted by molar-refractivity contribution is 0.493. The maximum atomic E-state index is 5.93. The molecule has 0 spiro atoms. The summed E-state index contributed by atoms with van der Waals surface area (Å²) in [5, 5.41) is 2.36. The van der Waals surface area contributed by atoms with Crippen LogP contribution in [0.1, 0.15) is 16.7 Å². The van der Waals surface area contributed by atoms with Crippen molar-refractivity contribution in [2.75, 3.05) is 0 Å². The van der Waals surface area contributed by atoms with Crippen LogP contribution in [0.25, 0.3) is 0 Å². The van der Waals surface area contributed by atoms with Gasteiger partial charge in [0.05, 0.1) is 6.04 Å². The van der Waals surface area contributed by atoms with Crippen LogP contribution in [-0.4, -0.2) is 0 Å². The summed E-state index contributed by atoms with van der Waals surface area (Å²) in [6, 6.07) is 7.24. The Morgan fingerprint density at radius 2 is 2.23 bits per heavy atom. The van der Waals surface area contributed by atoms with Crippen LogP contribution in [0.15, 0.2) is 34.1 Å². The first kappa shape index (κ1) is 8.81. The number of nitrogens with two attached hydrogens (primary N) is 1. The van der Waals surface area contributed by atoms with Gasteiger partial charge in [0.15, 0.2) is 5.22 Å². The summed E-state index contributed by atoms with van der Waals surface area (Å²) < 4.78 is 5.22.